The second-order valence-corrected chi connectivity index (χ2v) is 5.90. The molecule has 1 aliphatic rings. The summed E-state index contributed by atoms with van der Waals surface area (Å²) in [4.78, 5) is 25.0. The SMILES string of the molecule is COC(=O)C(C)(N)CCSCC(=O)N1CCCC1. The van der Waals surface area contributed by atoms with Crippen molar-refractivity contribution in [2.75, 3.05) is 31.7 Å². The van der Waals surface area contributed by atoms with Crippen molar-refractivity contribution in [3.05, 3.63) is 0 Å². The van der Waals surface area contributed by atoms with Gasteiger partial charge in [-0.15, -0.1) is 0 Å². The molecule has 1 fully saturated rings. The number of amides is 1. The Bertz CT molecular complexity index is 302. The smallest absolute Gasteiger partial charge is 0.325 e. The molecule has 1 heterocycles. The molecule has 2 N–H and O–H groups in total. The fourth-order valence-corrected chi connectivity index (χ4v) is 2.91. The Morgan fingerprint density at radius 1 is 1.39 bits per heavy atom. The number of hydrogen-bond acceptors (Lipinski definition) is 5. The van der Waals surface area contributed by atoms with Crippen LogP contribution in [0.4, 0.5) is 0 Å². The highest BCUT2D eigenvalue weighted by molar-refractivity contribution is 7.99. The number of rotatable bonds is 6. The molecule has 18 heavy (non-hydrogen) atoms. The minimum atomic E-state index is -0.960. The van der Waals surface area contributed by atoms with Crippen molar-refractivity contribution in [1.29, 1.82) is 0 Å². The number of ether oxygens (including phenoxy) is 1. The van der Waals surface area contributed by atoms with Gasteiger partial charge < -0.3 is 15.4 Å². The van der Waals surface area contributed by atoms with Crippen LogP contribution in [-0.4, -0.2) is 54.0 Å². The maximum Gasteiger partial charge on any atom is 0.325 e. The number of carbonyl (C=O) groups excluding carboxylic acids is 2. The highest BCUT2D eigenvalue weighted by Gasteiger charge is 2.29. The lowest BCUT2D eigenvalue weighted by molar-refractivity contribution is -0.146. The van der Waals surface area contributed by atoms with E-state index in [0.717, 1.165) is 25.9 Å². The van der Waals surface area contributed by atoms with Gasteiger partial charge in [0.05, 0.1) is 12.9 Å². The summed E-state index contributed by atoms with van der Waals surface area (Å²) in [5.41, 5.74) is 4.87. The first-order valence-corrected chi connectivity index (χ1v) is 7.35. The van der Waals surface area contributed by atoms with Crippen LogP contribution < -0.4 is 5.73 Å². The van der Waals surface area contributed by atoms with Gasteiger partial charge in [-0.3, -0.25) is 9.59 Å². The lowest BCUT2D eigenvalue weighted by Gasteiger charge is -2.21. The summed E-state index contributed by atoms with van der Waals surface area (Å²) in [5, 5.41) is 0. The van der Waals surface area contributed by atoms with Crippen LogP contribution in [0, 0.1) is 0 Å². The lowest BCUT2D eigenvalue weighted by atomic mass is 10.0. The predicted octanol–water partition coefficient (Wildman–Crippen LogP) is 0.623. The average molecular weight is 274 g/mol. The summed E-state index contributed by atoms with van der Waals surface area (Å²) >= 11 is 1.52. The van der Waals surface area contributed by atoms with Gasteiger partial charge >= 0.3 is 5.97 Å². The highest BCUT2D eigenvalue weighted by atomic mass is 32.2. The van der Waals surface area contributed by atoms with E-state index in [-0.39, 0.29) is 5.91 Å². The van der Waals surface area contributed by atoms with E-state index in [1.165, 1.54) is 18.9 Å². The highest BCUT2D eigenvalue weighted by Crippen LogP contribution is 2.15. The summed E-state index contributed by atoms with van der Waals surface area (Å²) in [6.45, 7) is 3.42. The first-order chi connectivity index (χ1) is 8.47. The molecule has 6 heteroatoms. The van der Waals surface area contributed by atoms with Crippen LogP contribution in [0.15, 0.2) is 0 Å². The Morgan fingerprint density at radius 2 is 2.00 bits per heavy atom. The van der Waals surface area contributed by atoms with Crippen molar-refractivity contribution >= 4 is 23.6 Å². The molecule has 1 amide bonds. The maximum absolute atomic E-state index is 11.7. The normalized spacial score (nSPS) is 18.5. The third-order valence-corrected chi connectivity index (χ3v) is 4.05. The van der Waals surface area contributed by atoms with Crippen LogP contribution >= 0.6 is 11.8 Å². The zero-order valence-corrected chi connectivity index (χ0v) is 11.9. The molecule has 1 unspecified atom stereocenters. The van der Waals surface area contributed by atoms with Crippen molar-refractivity contribution < 1.29 is 14.3 Å². The molecule has 0 radical (unpaired) electrons. The molecule has 1 atom stereocenters. The summed E-state index contributed by atoms with van der Waals surface area (Å²) < 4.78 is 4.63. The number of nitrogens with two attached hydrogens (primary N) is 1. The van der Waals surface area contributed by atoms with E-state index in [0.29, 0.717) is 17.9 Å². The van der Waals surface area contributed by atoms with E-state index in [1.54, 1.807) is 6.92 Å². The number of hydrogen-bond donors (Lipinski definition) is 1. The molecule has 0 bridgehead atoms. The van der Waals surface area contributed by atoms with E-state index in [9.17, 15) is 9.59 Å². The van der Waals surface area contributed by atoms with Crippen molar-refractivity contribution in [1.82, 2.24) is 4.90 Å². The van der Waals surface area contributed by atoms with Crippen molar-refractivity contribution in [3.8, 4) is 0 Å². The minimum absolute atomic E-state index is 0.189. The molecule has 0 spiro atoms. The molecule has 0 saturated carbocycles. The lowest BCUT2D eigenvalue weighted by Crippen LogP contribution is -2.46. The quantitative estimate of drug-likeness (QED) is 0.568. The number of nitrogens with zero attached hydrogens (tertiary/aromatic N) is 1. The zero-order valence-electron chi connectivity index (χ0n) is 11.1. The Hall–Kier alpha value is -0.750. The van der Waals surface area contributed by atoms with Gasteiger partial charge in [0.1, 0.15) is 5.54 Å². The van der Waals surface area contributed by atoms with E-state index in [4.69, 9.17) is 5.73 Å². The van der Waals surface area contributed by atoms with E-state index < -0.39 is 11.5 Å². The van der Waals surface area contributed by atoms with Gasteiger partial charge in [0.25, 0.3) is 0 Å². The second kappa shape index (κ2) is 6.99. The Labute approximate surface area is 112 Å². The number of likely N-dealkylation sites (tertiary alicyclic amines) is 1. The molecule has 0 aromatic heterocycles. The van der Waals surface area contributed by atoms with Gasteiger partial charge in [-0.1, -0.05) is 0 Å². The minimum Gasteiger partial charge on any atom is -0.468 e. The molecule has 5 nitrogen and oxygen atoms in total. The van der Waals surface area contributed by atoms with Gasteiger partial charge in [0, 0.05) is 13.1 Å². The standard InChI is InChI=1S/C12H22N2O3S/c1-12(13,11(16)17-2)5-8-18-9-10(15)14-6-3-4-7-14/h3-9,13H2,1-2H3. The monoisotopic (exact) mass is 274 g/mol. The molecule has 1 rings (SSSR count). The second-order valence-electron chi connectivity index (χ2n) is 4.80. The number of esters is 1. The largest absolute Gasteiger partial charge is 0.468 e. The van der Waals surface area contributed by atoms with E-state index in [2.05, 4.69) is 4.74 Å². The van der Waals surface area contributed by atoms with Gasteiger partial charge in [0.15, 0.2) is 0 Å². The van der Waals surface area contributed by atoms with Crippen LogP contribution in [0.2, 0.25) is 0 Å². The van der Waals surface area contributed by atoms with Gasteiger partial charge in [0.2, 0.25) is 5.91 Å². The molecule has 0 aliphatic carbocycles. The number of methoxy groups -OCH3 is 1. The van der Waals surface area contributed by atoms with Crippen molar-refractivity contribution in [3.63, 3.8) is 0 Å². The predicted molar refractivity (Wildman–Crippen MR) is 72.4 cm³/mol. The van der Waals surface area contributed by atoms with Crippen LogP contribution in [0.5, 0.6) is 0 Å². The number of thioether (sulfide) groups is 1. The van der Waals surface area contributed by atoms with Gasteiger partial charge in [-0.25, -0.2) is 0 Å². The van der Waals surface area contributed by atoms with Crippen LogP contribution in [-0.2, 0) is 14.3 Å². The summed E-state index contributed by atoms with van der Waals surface area (Å²) in [5.74, 6) is 0.933. The first-order valence-electron chi connectivity index (χ1n) is 6.20. The van der Waals surface area contributed by atoms with Gasteiger partial charge in [-0.05, 0) is 31.9 Å². The maximum atomic E-state index is 11.7. The summed E-state index contributed by atoms with van der Waals surface area (Å²) in [6, 6.07) is 0. The fourth-order valence-electron chi connectivity index (χ4n) is 1.84. The zero-order chi connectivity index (χ0) is 13.6. The van der Waals surface area contributed by atoms with E-state index >= 15 is 0 Å². The Morgan fingerprint density at radius 3 is 2.56 bits per heavy atom. The van der Waals surface area contributed by atoms with Crippen LogP contribution in [0.25, 0.3) is 0 Å². The average Bonchev–Trinajstić information content (AvgIpc) is 2.87. The topological polar surface area (TPSA) is 72.6 Å². The van der Waals surface area contributed by atoms with Crippen LogP contribution in [0.1, 0.15) is 26.2 Å². The van der Waals surface area contributed by atoms with Crippen LogP contribution in [0.3, 0.4) is 0 Å². The molecular formula is C12H22N2O3S. The molecule has 104 valence electrons. The molecule has 0 aromatic carbocycles. The number of carbonyl (C=O) groups is 2. The van der Waals surface area contributed by atoms with Gasteiger partial charge in [-0.2, -0.15) is 11.8 Å². The third kappa shape index (κ3) is 4.49. The van der Waals surface area contributed by atoms with Crippen molar-refractivity contribution in [2.45, 2.75) is 31.7 Å². The fraction of sp³-hybridized carbons (Fsp3) is 0.833. The van der Waals surface area contributed by atoms with Crippen molar-refractivity contribution in [2.24, 2.45) is 5.73 Å². The summed E-state index contributed by atoms with van der Waals surface area (Å²) in [7, 11) is 1.33. The van der Waals surface area contributed by atoms with E-state index in [1.807, 2.05) is 4.90 Å². The molecule has 0 aromatic rings. The Balaban J connectivity index is 2.18. The molecule has 1 aliphatic heterocycles. The molecular weight excluding hydrogens is 252 g/mol. The summed E-state index contributed by atoms with van der Waals surface area (Å²) in [6.07, 6.45) is 2.73. The first kappa shape index (κ1) is 15.3. The molecule has 1 saturated heterocycles. The Kier molecular flexibility index (Phi) is 5.95. The third-order valence-electron chi connectivity index (χ3n) is 3.10.